The van der Waals surface area contributed by atoms with Gasteiger partial charge in [0.15, 0.2) is 0 Å². The largest absolute Gasteiger partial charge is 0.480 e. The summed E-state index contributed by atoms with van der Waals surface area (Å²) in [4.78, 5) is 34.6. The number of aliphatic carboxylic acids is 1. The maximum absolute atomic E-state index is 11.9. The number of carbonyl (C=O) groups is 3. The molecule has 31 heavy (non-hydrogen) atoms. The Morgan fingerprint density at radius 1 is 1.00 bits per heavy atom. The van der Waals surface area contributed by atoms with Crippen molar-refractivity contribution in [2.45, 2.75) is 38.8 Å². The molecular formula is C24H27NO6. The average Bonchev–Trinajstić information content (AvgIpc) is 2.71. The molecule has 0 radical (unpaired) electrons. The molecule has 1 unspecified atom stereocenters. The summed E-state index contributed by atoms with van der Waals surface area (Å²) in [5.74, 6) is -1.55. The number of methoxy groups -OCH3 is 1. The summed E-state index contributed by atoms with van der Waals surface area (Å²) in [6, 6.07) is 14.0. The van der Waals surface area contributed by atoms with E-state index in [4.69, 9.17) is 4.74 Å². The maximum atomic E-state index is 11.9. The Bertz CT molecular complexity index is 940. The van der Waals surface area contributed by atoms with E-state index in [0.717, 1.165) is 22.3 Å². The molecule has 0 aromatic heterocycles. The zero-order valence-corrected chi connectivity index (χ0v) is 18.0. The molecule has 2 rings (SSSR count). The summed E-state index contributed by atoms with van der Waals surface area (Å²) in [5.41, 5.74) is 2.86. The second-order valence-corrected chi connectivity index (χ2v) is 7.92. The molecule has 0 aliphatic rings. The molecule has 0 saturated carbocycles. The molecule has 2 N–H and O–H groups in total. The quantitative estimate of drug-likeness (QED) is 0.512. The van der Waals surface area contributed by atoms with E-state index in [9.17, 15) is 19.5 Å². The lowest BCUT2D eigenvalue weighted by molar-refractivity contribution is -0.139. The van der Waals surface area contributed by atoms with Gasteiger partial charge < -0.3 is 19.9 Å². The van der Waals surface area contributed by atoms with Crippen LogP contribution in [0.25, 0.3) is 17.2 Å². The van der Waals surface area contributed by atoms with Crippen LogP contribution in [0.15, 0.2) is 54.6 Å². The van der Waals surface area contributed by atoms with Gasteiger partial charge in [-0.25, -0.2) is 14.4 Å². The van der Waals surface area contributed by atoms with Gasteiger partial charge >= 0.3 is 18.0 Å². The van der Waals surface area contributed by atoms with E-state index in [0.29, 0.717) is 0 Å². The Kier molecular flexibility index (Phi) is 7.96. The number of carbonyl (C=O) groups excluding carboxylic acids is 2. The highest BCUT2D eigenvalue weighted by molar-refractivity contribution is 5.87. The van der Waals surface area contributed by atoms with Gasteiger partial charge in [-0.2, -0.15) is 0 Å². The first-order chi connectivity index (χ1) is 14.6. The van der Waals surface area contributed by atoms with Crippen LogP contribution in [0.4, 0.5) is 4.79 Å². The fourth-order valence-electron chi connectivity index (χ4n) is 2.74. The van der Waals surface area contributed by atoms with Gasteiger partial charge in [0, 0.05) is 12.5 Å². The van der Waals surface area contributed by atoms with E-state index >= 15 is 0 Å². The molecular weight excluding hydrogens is 398 g/mol. The number of nitrogens with one attached hydrogen (secondary N) is 1. The molecule has 7 heteroatoms. The van der Waals surface area contributed by atoms with Gasteiger partial charge in [0.1, 0.15) is 11.6 Å². The normalized spacial score (nSPS) is 12.3. The highest BCUT2D eigenvalue weighted by atomic mass is 16.6. The van der Waals surface area contributed by atoms with E-state index in [1.165, 1.54) is 13.2 Å². The fourth-order valence-corrected chi connectivity index (χ4v) is 2.74. The molecule has 0 spiro atoms. The van der Waals surface area contributed by atoms with Crippen molar-refractivity contribution in [3.05, 3.63) is 65.7 Å². The smallest absolute Gasteiger partial charge is 0.408 e. The van der Waals surface area contributed by atoms with Crippen molar-refractivity contribution in [2.24, 2.45) is 0 Å². The zero-order valence-electron chi connectivity index (χ0n) is 18.0. The zero-order chi connectivity index (χ0) is 23.0. The second kappa shape index (κ2) is 10.4. The van der Waals surface area contributed by atoms with Gasteiger partial charge in [-0.1, -0.05) is 48.5 Å². The van der Waals surface area contributed by atoms with Crippen LogP contribution in [0.1, 0.15) is 31.9 Å². The Hall–Kier alpha value is -3.61. The van der Waals surface area contributed by atoms with Crippen LogP contribution in [0.3, 0.4) is 0 Å². The molecule has 2 aromatic carbocycles. The number of alkyl carbamates (subject to hydrolysis) is 1. The van der Waals surface area contributed by atoms with Crippen LogP contribution in [0.5, 0.6) is 0 Å². The molecule has 0 heterocycles. The minimum absolute atomic E-state index is 0.131. The van der Waals surface area contributed by atoms with Crippen molar-refractivity contribution in [2.75, 3.05) is 7.11 Å². The average molecular weight is 425 g/mol. The Labute approximate surface area is 181 Å². The van der Waals surface area contributed by atoms with Crippen LogP contribution in [0, 0.1) is 0 Å². The number of amides is 1. The van der Waals surface area contributed by atoms with Crippen LogP contribution in [0.2, 0.25) is 0 Å². The minimum Gasteiger partial charge on any atom is -0.480 e. The summed E-state index contributed by atoms with van der Waals surface area (Å²) < 4.78 is 9.70. The molecule has 2 aromatic rings. The molecule has 0 aliphatic carbocycles. The summed E-state index contributed by atoms with van der Waals surface area (Å²) in [6.45, 7) is 5.13. The Morgan fingerprint density at radius 3 is 2.03 bits per heavy atom. The lowest BCUT2D eigenvalue weighted by Crippen LogP contribution is -2.44. The predicted molar refractivity (Wildman–Crippen MR) is 117 cm³/mol. The van der Waals surface area contributed by atoms with Gasteiger partial charge in [-0.05, 0) is 49.1 Å². The topological polar surface area (TPSA) is 102 Å². The van der Waals surface area contributed by atoms with E-state index in [1.807, 2.05) is 48.5 Å². The van der Waals surface area contributed by atoms with Crippen LogP contribution < -0.4 is 5.32 Å². The lowest BCUT2D eigenvalue weighted by Gasteiger charge is -2.22. The SMILES string of the molecule is COC(=O)/C=C/c1ccc(-c2ccc(CC(NC(=O)OC(C)(C)C)C(=O)O)cc2)cc1. The van der Waals surface area contributed by atoms with Crippen molar-refractivity contribution in [1.29, 1.82) is 0 Å². The van der Waals surface area contributed by atoms with Gasteiger partial charge in [-0.3, -0.25) is 0 Å². The first-order valence-corrected chi connectivity index (χ1v) is 9.75. The number of hydrogen-bond acceptors (Lipinski definition) is 5. The Balaban J connectivity index is 2.04. The van der Waals surface area contributed by atoms with Crippen molar-refractivity contribution in [1.82, 2.24) is 5.32 Å². The van der Waals surface area contributed by atoms with Crippen molar-refractivity contribution in [3.8, 4) is 11.1 Å². The summed E-state index contributed by atoms with van der Waals surface area (Å²) in [6.07, 6.45) is 2.39. The van der Waals surface area contributed by atoms with Crippen molar-refractivity contribution < 1.29 is 29.0 Å². The summed E-state index contributed by atoms with van der Waals surface area (Å²) >= 11 is 0. The summed E-state index contributed by atoms with van der Waals surface area (Å²) in [5, 5.41) is 11.8. The lowest BCUT2D eigenvalue weighted by atomic mass is 10.00. The first-order valence-electron chi connectivity index (χ1n) is 9.75. The van der Waals surface area contributed by atoms with Gasteiger partial charge in [0.2, 0.25) is 0 Å². The van der Waals surface area contributed by atoms with E-state index in [1.54, 1.807) is 26.8 Å². The third-order valence-electron chi connectivity index (χ3n) is 4.24. The number of benzene rings is 2. The predicted octanol–water partition coefficient (Wildman–Crippen LogP) is 4.06. The van der Waals surface area contributed by atoms with Crippen LogP contribution in [-0.4, -0.2) is 41.9 Å². The molecule has 0 fully saturated rings. The van der Waals surface area contributed by atoms with Crippen molar-refractivity contribution >= 4 is 24.1 Å². The summed E-state index contributed by atoms with van der Waals surface area (Å²) in [7, 11) is 1.33. The third kappa shape index (κ3) is 7.97. The minimum atomic E-state index is -1.13. The molecule has 1 atom stereocenters. The van der Waals surface area contributed by atoms with E-state index in [-0.39, 0.29) is 6.42 Å². The fraction of sp³-hybridized carbons (Fsp3) is 0.292. The molecule has 0 saturated heterocycles. The number of rotatable bonds is 7. The molecule has 0 bridgehead atoms. The highest BCUT2D eigenvalue weighted by Crippen LogP contribution is 2.21. The second-order valence-electron chi connectivity index (χ2n) is 7.92. The van der Waals surface area contributed by atoms with Gasteiger partial charge in [-0.15, -0.1) is 0 Å². The number of hydrogen-bond donors (Lipinski definition) is 2. The first kappa shape index (κ1) is 23.7. The molecule has 164 valence electrons. The van der Waals surface area contributed by atoms with E-state index < -0.39 is 29.7 Å². The number of carboxylic acid groups (broad SMARTS) is 1. The standard InChI is InChI=1S/C24H27NO6/c1-24(2,3)31-23(29)25-20(22(27)28)15-17-7-12-19(13-8-17)18-10-5-16(6-11-18)9-14-21(26)30-4/h5-14,20H,15H2,1-4H3,(H,25,29)(H,27,28)/b14-9+. The van der Waals surface area contributed by atoms with E-state index in [2.05, 4.69) is 10.1 Å². The molecule has 0 aliphatic heterocycles. The Morgan fingerprint density at radius 2 is 1.55 bits per heavy atom. The highest BCUT2D eigenvalue weighted by Gasteiger charge is 2.24. The molecule has 7 nitrogen and oxygen atoms in total. The van der Waals surface area contributed by atoms with Crippen molar-refractivity contribution in [3.63, 3.8) is 0 Å². The molecule has 1 amide bonds. The van der Waals surface area contributed by atoms with Gasteiger partial charge in [0.25, 0.3) is 0 Å². The number of esters is 1. The number of ether oxygens (including phenoxy) is 2. The van der Waals surface area contributed by atoms with Gasteiger partial charge in [0.05, 0.1) is 7.11 Å². The maximum Gasteiger partial charge on any atom is 0.408 e. The van der Waals surface area contributed by atoms with Crippen LogP contribution >= 0.6 is 0 Å². The monoisotopic (exact) mass is 425 g/mol. The number of carboxylic acids is 1. The van der Waals surface area contributed by atoms with Crippen LogP contribution in [-0.2, 0) is 25.5 Å². The third-order valence-corrected chi connectivity index (χ3v) is 4.24.